The van der Waals surface area contributed by atoms with Crippen LogP contribution in [0.5, 0.6) is 11.6 Å². The molecule has 0 radical (unpaired) electrons. The van der Waals surface area contributed by atoms with Gasteiger partial charge in [0.25, 0.3) is 0 Å². The van der Waals surface area contributed by atoms with Gasteiger partial charge in [-0.1, -0.05) is 6.07 Å². The third kappa shape index (κ3) is 2.68. The lowest BCUT2D eigenvalue weighted by Crippen LogP contribution is -2.12. The monoisotopic (exact) mass is 244 g/mol. The molecule has 0 unspecified atom stereocenters. The van der Waals surface area contributed by atoms with Crippen molar-refractivity contribution in [3.05, 3.63) is 36.0 Å². The quantitative estimate of drug-likeness (QED) is 0.839. The van der Waals surface area contributed by atoms with Crippen LogP contribution >= 0.6 is 0 Å². The molecule has 0 saturated heterocycles. The van der Waals surface area contributed by atoms with Gasteiger partial charge in [0.2, 0.25) is 11.8 Å². The van der Waals surface area contributed by atoms with Gasteiger partial charge >= 0.3 is 0 Å². The highest BCUT2D eigenvalue weighted by molar-refractivity contribution is 5.55. The van der Waals surface area contributed by atoms with E-state index in [-0.39, 0.29) is 0 Å². The standard InChI is InChI=1S/C13H16N4O/c1-9-4-5-11(10(14)8-9)18-12-6-7-15-13(16-12)17(2)3/h4-8H,14H2,1-3H3. The second kappa shape index (κ2) is 4.91. The number of nitrogens with two attached hydrogens (primary N) is 1. The summed E-state index contributed by atoms with van der Waals surface area (Å²) < 4.78 is 5.65. The van der Waals surface area contributed by atoms with Gasteiger partial charge in [-0.15, -0.1) is 0 Å². The number of nitrogens with zero attached hydrogens (tertiary/aromatic N) is 3. The van der Waals surface area contributed by atoms with Gasteiger partial charge in [0.1, 0.15) is 0 Å². The maximum Gasteiger partial charge on any atom is 0.228 e. The number of hydrogen-bond acceptors (Lipinski definition) is 5. The molecule has 2 aromatic rings. The Morgan fingerprint density at radius 1 is 1.22 bits per heavy atom. The molecule has 2 N–H and O–H groups in total. The molecule has 94 valence electrons. The van der Waals surface area contributed by atoms with Crippen molar-refractivity contribution in [2.75, 3.05) is 24.7 Å². The summed E-state index contributed by atoms with van der Waals surface area (Å²) in [5.74, 6) is 1.67. The number of aromatic nitrogens is 2. The Morgan fingerprint density at radius 3 is 2.67 bits per heavy atom. The first kappa shape index (κ1) is 12.2. The molecule has 0 aliphatic heterocycles. The molecule has 2 rings (SSSR count). The summed E-state index contributed by atoms with van der Waals surface area (Å²) in [6.45, 7) is 1.98. The molecule has 0 atom stereocenters. The second-order valence-electron chi connectivity index (χ2n) is 4.23. The predicted octanol–water partition coefficient (Wildman–Crippen LogP) is 2.23. The number of benzene rings is 1. The lowest BCUT2D eigenvalue weighted by atomic mass is 10.2. The average molecular weight is 244 g/mol. The van der Waals surface area contributed by atoms with Crippen LogP contribution in [0.15, 0.2) is 30.5 Å². The Kier molecular flexibility index (Phi) is 3.32. The summed E-state index contributed by atoms with van der Waals surface area (Å²) in [6, 6.07) is 7.34. The van der Waals surface area contributed by atoms with E-state index in [1.807, 2.05) is 44.1 Å². The molecule has 0 bridgehead atoms. The molecule has 18 heavy (non-hydrogen) atoms. The number of hydrogen-bond donors (Lipinski definition) is 1. The highest BCUT2D eigenvalue weighted by atomic mass is 16.5. The van der Waals surface area contributed by atoms with Crippen LogP contribution in [0.25, 0.3) is 0 Å². The molecule has 0 aliphatic rings. The van der Waals surface area contributed by atoms with Crippen LogP contribution in [0.3, 0.4) is 0 Å². The van der Waals surface area contributed by atoms with E-state index in [9.17, 15) is 0 Å². The van der Waals surface area contributed by atoms with E-state index < -0.39 is 0 Å². The lowest BCUT2D eigenvalue weighted by Gasteiger charge is -2.12. The Morgan fingerprint density at radius 2 is 2.00 bits per heavy atom. The van der Waals surface area contributed by atoms with Gasteiger partial charge in [0.05, 0.1) is 5.69 Å². The van der Waals surface area contributed by atoms with Gasteiger partial charge in [-0.2, -0.15) is 4.98 Å². The van der Waals surface area contributed by atoms with E-state index in [0.29, 0.717) is 23.3 Å². The van der Waals surface area contributed by atoms with Gasteiger partial charge in [-0.3, -0.25) is 0 Å². The molecule has 5 heteroatoms. The Bertz CT molecular complexity index is 554. The van der Waals surface area contributed by atoms with Crippen molar-refractivity contribution in [1.82, 2.24) is 9.97 Å². The van der Waals surface area contributed by atoms with Crippen molar-refractivity contribution >= 4 is 11.6 Å². The SMILES string of the molecule is Cc1ccc(Oc2ccnc(N(C)C)n2)c(N)c1. The molecule has 0 amide bonds. The minimum absolute atomic E-state index is 0.476. The Hall–Kier alpha value is -2.30. The summed E-state index contributed by atoms with van der Waals surface area (Å²) in [5, 5.41) is 0. The average Bonchev–Trinajstić information content (AvgIpc) is 2.33. The van der Waals surface area contributed by atoms with Crippen LogP contribution in [-0.4, -0.2) is 24.1 Å². The van der Waals surface area contributed by atoms with Crippen molar-refractivity contribution in [2.45, 2.75) is 6.92 Å². The van der Waals surface area contributed by atoms with Crippen LogP contribution in [0.4, 0.5) is 11.6 Å². The van der Waals surface area contributed by atoms with E-state index in [1.165, 1.54) is 0 Å². The van der Waals surface area contributed by atoms with E-state index in [0.717, 1.165) is 5.56 Å². The smallest absolute Gasteiger partial charge is 0.228 e. The third-order valence-corrected chi connectivity index (χ3v) is 2.40. The Balaban J connectivity index is 2.25. The highest BCUT2D eigenvalue weighted by Crippen LogP contribution is 2.27. The van der Waals surface area contributed by atoms with E-state index in [1.54, 1.807) is 12.3 Å². The Labute approximate surface area is 106 Å². The fourth-order valence-electron chi connectivity index (χ4n) is 1.48. The maximum absolute atomic E-state index is 5.89. The van der Waals surface area contributed by atoms with E-state index >= 15 is 0 Å². The number of aryl methyl sites for hydroxylation is 1. The topological polar surface area (TPSA) is 64.3 Å². The predicted molar refractivity (Wildman–Crippen MR) is 72.0 cm³/mol. The van der Waals surface area contributed by atoms with Crippen molar-refractivity contribution in [2.24, 2.45) is 0 Å². The summed E-state index contributed by atoms with van der Waals surface area (Å²) in [6.07, 6.45) is 1.65. The minimum Gasteiger partial charge on any atom is -0.437 e. The first-order valence-electron chi connectivity index (χ1n) is 5.60. The van der Waals surface area contributed by atoms with Crippen molar-refractivity contribution in [3.63, 3.8) is 0 Å². The molecule has 0 aliphatic carbocycles. The minimum atomic E-state index is 0.476. The summed E-state index contributed by atoms with van der Waals surface area (Å²) in [5.41, 5.74) is 7.58. The first-order valence-corrected chi connectivity index (χ1v) is 5.60. The normalized spacial score (nSPS) is 10.2. The lowest BCUT2D eigenvalue weighted by molar-refractivity contribution is 0.464. The van der Waals surface area contributed by atoms with E-state index in [2.05, 4.69) is 9.97 Å². The zero-order valence-corrected chi connectivity index (χ0v) is 10.7. The van der Waals surface area contributed by atoms with Crippen molar-refractivity contribution in [3.8, 4) is 11.6 Å². The molecular formula is C13H16N4O. The zero-order valence-electron chi connectivity index (χ0n) is 10.7. The molecule has 1 heterocycles. The van der Waals surface area contributed by atoms with Crippen molar-refractivity contribution in [1.29, 1.82) is 0 Å². The molecule has 1 aromatic carbocycles. The van der Waals surface area contributed by atoms with Crippen molar-refractivity contribution < 1.29 is 4.74 Å². The maximum atomic E-state index is 5.89. The van der Waals surface area contributed by atoms with Gasteiger partial charge in [0, 0.05) is 26.4 Å². The summed E-state index contributed by atoms with van der Waals surface area (Å²) in [4.78, 5) is 10.2. The van der Waals surface area contributed by atoms with Crippen LogP contribution in [0, 0.1) is 6.92 Å². The molecule has 0 fully saturated rings. The molecule has 0 saturated carbocycles. The van der Waals surface area contributed by atoms with Crippen LogP contribution < -0.4 is 15.4 Å². The fourth-order valence-corrected chi connectivity index (χ4v) is 1.48. The molecular weight excluding hydrogens is 228 g/mol. The van der Waals surface area contributed by atoms with E-state index in [4.69, 9.17) is 10.5 Å². The van der Waals surface area contributed by atoms with Gasteiger partial charge < -0.3 is 15.4 Å². The second-order valence-corrected chi connectivity index (χ2v) is 4.23. The fraction of sp³-hybridized carbons (Fsp3) is 0.231. The molecule has 1 aromatic heterocycles. The molecule has 5 nitrogen and oxygen atoms in total. The van der Waals surface area contributed by atoms with Gasteiger partial charge in [-0.25, -0.2) is 4.98 Å². The highest BCUT2D eigenvalue weighted by Gasteiger charge is 2.05. The van der Waals surface area contributed by atoms with Crippen LogP contribution in [-0.2, 0) is 0 Å². The summed E-state index contributed by atoms with van der Waals surface area (Å²) in [7, 11) is 3.75. The first-order chi connectivity index (χ1) is 8.56. The third-order valence-electron chi connectivity index (χ3n) is 2.40. The van der Waals surface area contributed by atoms with Gasteiger partial charge in [-0.05, 0) is 24.6 Å². The largest absolute Gasteiger partial charge is 0.437 e. The summed E-state index contributed by atoms with van der Waals surface area (Å²) >= 11 is 0. The van der Waals surface area contributed by atoms with Crippen LogP contribution in [0.1, 0.15) is 5.56 Å². The number of ether oxygens (including phenoxy) is 1. The van der Waals surface area contributed by atoms with Crippen LogP contribution in [0.2, 0.25) is 0 Å². The van der Waals surface area contributed by atoms with Gasteiger partial charge in [0.15, 0.2) is 5.75 Å². The zero-order chi connectivity index (χ0) is 13.1. The molecule has 0 spiro atoms. The number of anilines is 2. The number of nitrogen functional groups attached to an aromatic ring is 1. The number of rotatable bonds is 3.